The summed E-state index contributed by atoms with van der Waals surface area (Å²) in [5.41, 5.74) is -0.471. The van der Waals surface area contributed by atoms with Crippen LogP contribution in [0.5, 0.6) is 0 Å². The molecule has 1 rings (SSSR count). The Hall–Kier alpha value is -1.46. The minimum Gasteiger partial charge on any atom is -0.444 e. The molecule has 0 aromatic heterocycles. The first-order chi connectivity index (χ1) is 10.1. The van der Waals surface area contributed by atoms with E-state index in [9.17, 15) is 9.59 Å². The van der Waals surface area contributed by atoms with Crippen molar-refractivity contribution in [2.75, 3.05) is 20.1 Å². The Kier molecular flexibility index (Phi) is 6.50. The molecule has 6 heteroatoms. The molecule has 0 aromatic rings. The Morgan fingerprint density at radius 1 is 1.32 bits per heavy atom. The second-order valence-electron chi connectivity index (χ2n) is 7.06. The van der Waals surface area contributed by atoms with Crippen LogP contribution in [0.4, 0.5) is 9.59 Å². The minimum atomic E-state index is -0.471. The summed E-state index contributed by atoms with van der Waals surface area (Å²) in [6.07, 6.45) is 2.19. The van der Waals surface area contributed by atoms with Crippen LogP contribution in [0.25, 0.3) is 0 Å². The van der Waals surface area contributed by atoms with Crippen molar-refractivity contribution in [2.24, 2.45) is 0 Å². The molecular weight excluding hydrogens is 282 g/mol. The van der Waals surface area contributed by atoms with Crippen LogP contribution in [-0.2, 0) is 4.74 Å². The first-order valence-corrected chi connectivity index (χ1v) is 8.15. The number of hydrogen-bond donors (Lipinski definition) is 1. The summed E-state index contributed by atoms with van der Waals surface area (Å²) in [5, 5.41) is 3.05. The Bertz CT molecular complexity index is 385. The highest BCUT2D eigenvalue weighted by atomic mass is 16.6. The van der Waals surface area contributed by atoms with Crippen LogP contribution >= 0.6 is 0 Å². The van der Waals surface area contributed by atoms with Gasteiger partial charge >= 0.3 is 12.1 Å². The van der Waals surface area contributed by atoms with E-state index in [4.69, 9.17) is 4.74 Å². The molecule has 0 aromatic carbocycles. The lowest BCUT2D eigenvalue weighted by Crippen LogP contribution is -2.51. The number of rotatable bonds is 3. The molecule has 1 heterocycles. The maximum atomic E-state index is 12.1. The summed E-state index contributed by atoms with van der Waals surface area (Å²) < 4.78 is 5.37. The van der Waals surface area contributed by atoms with E-state index in [0.29, 0.717) is 13.1 Å². The van der Waals surface area contributed by atoms with Crippen LogP contribution in [0, 0.1) is 0 Å². The van der Waals surface area contributed by atoms with E-state index in [1.165, 1.54) is 0 Å². The molecule has 1 unspecified atom stereocenters. The number of hydrogen-bond acceptors (Lipinski definition) is 3. The number of nitrogens with zero attached hydrogens (tertiary/aromatic N) is 2. The summed E-state index contributed by atoms with van der Waals surface area (Å²) in [7, 11) is 1.82. The van der Waals surface area contributed by atoms with E-state index in [0.717, 1.165) is 19.3 Å². The molecule has 1 aliphatic heterocycles. The molecule has 3 amide bonds. The van der Waals surface area contributed by atoms with Gasteiger partial charge in [-0.15, -0.1) is 0 Å². The zero-order valence-electron chi connectivity index (χ0n) is 14.8. The Labute approximate surface area is 134 Å². The van der Waals surface area contributed by atoms with Crippen LogP contribution in [-0.4, -0.2) is 59.7 Å². The molecule has 1 fully saturated rings. The molecule has 128 valence electrons. The van der Waals surface area contributed by atoms with Gasteiger partial charge in [0.1, 0.15) is 5.60 Å². The molecular formula is C16H31N3O3. The zero-order chi connectivity index (χ0) is 16.9. The van der Waals surface area contributed by atoms with E-state index in [1.807, 2.05) is 34.7 Å². The highest BCUT2D eigenvalue weighted by Gasteiger charge is 2.28. The molecule has 0 radical (unpaired) electrons. The Balaban J connectivity index is 2.39. The monoisotopic (exact) mass is 313 g/mol. The molecule has 1 atom stereocenters. The maximum absolute atomic E-state index is 12.1. The number of likely N-dealkylation sites (tertiary alicyclic amines) is 1. The lowest BCUT2D eigenvalue weighted by Gasteiger charge is -2.35. The van der Waals surface area contributed by atoms with Crippen molar-refractivity contribution in [3.05, 3.63) is 0 Å². The summed E-state index contributed by atoms with van der Waals surface area (Å²) >= 11 is 0. The van der Waals surface area contributed by atoms with Gasteiger partial charge in [0, 0.05) is 32.2 Å². The zero-order valence-corrected chi connectivity index (χ0v) is 14.8. The van der Waals surface area contributed by atoms with Crippen molar-refractivity contribution in [2.45, 2.75) is 71.6 Å². The van der Waals surface area contributed by atoms with Crippen molar-refractivity contribution in [3.8, 4) is 0 Å². The van der Waals surface area contributed by atoms with Crippen LogP contribution < -0.4 is 5.32 Å². The minimum absolute atomic E-state index is 0.0370. The number of nitrogens with one attached hydrogen (secondary N) is 1. The average Bonchev–Trinajstić information content (AvgIpc) is 2.44. The quantitative estimate of drug-likeness (QED) is 0.871. The predicted molar refractivity (Wildman–Crippen MR) is 86.9 cm³/mol. The second kappa shape index (κ2) is 7.70. The molecule has 1 N–H and O–H groups in total. The van der Waals surface area contributed by atoms with E-state index in [1.54, 1.807) is 9.80 Å². The molecule has 1 aliphatic rings. The summed E-state index contributed by atoms with van der Waals surface area (Å²) in [6.45, 7) is 10.9. The van der Waals surface area contributed by atoms with Gasteiger partial charge in [0.05, 0.1) is 0 Å². The van der Waals surface area contributed by atoms with Gasteiger partial charge in [0.2, 0.25) is 0 Å². The van der Waals surface area contributed by atoms with Gasteiger partial charge in [-0.1, -0.05) is 6.92 Å². The highest BCUT2D eigenvalue weighted by Crippen LogP contribution is 2.15. The van der Waals surface area contributed by atoms with Crippen molar-refractivity contribution in [1.82, 2.24) is 15.1 Å². The molecule has 0 saturated carbocycles. The van der Waals surface area contributed by atoms with E-state index < -0.39 is 5.60 Å². The summed E-state index contributed by atoms with van der Waals surface area (Å²) in [5.74, 6) is 0. The molecule has 22 heavy (non-hydrogen) atoms. The van der Waals surface area contributed by atoms with Crippen molar-refractivity contribution in [1.29, 1.82) is 0 Å². The molecule has 1 saturated heterocycles. The van der Waals surface area contributed by atoms with E-state index in [2.05, 4.69) is 12.2 Å². The first-order valence-electron chi connectivity index (χ1n) is 8.15. The topological polar surface area (TPSA) is 61.9 Å². The van der Waals surface area contributed by atoms with Crippen molar-refractivity contribution < 1.29 is 14.3 Å². The van der Waals surface area contributed by atoms with E-state index >= 15 is 0 Å². The van der Waals surface area contributed by atoms with Gasteiger partial charge in [-0.3, -0.25) is 0 Å². The van der Waals surface area contributed by atoms with Crippen LogP contribution in [0.1, 0.15) is 53.9 Å². The highest BCUT2D eigenvalue weighted by molar-refractivity contribution is 5.74. The normalized spacial score (nSPS) is 17.8. The van der Waals surface area contributed by atoms with Crippen molar-refractivity contribution >= 4 is 12.1 Å². The lowest BCUT2D eigenvalue weighted by atomic mass is 10.1. The third-order valence-corrected chi connectivity index (χ3v) is 4.05. The predicted octanol–water partition coefficient (Wildman–Crippen LogP) is 2.83. The number of carbonyl (C=O) groups is 2. The van der Waals surface area contributed by atoms with Crippen LogP contribution in [0.2, 0.25) is 0 Å². The van der Waals surface area contributed by atoms with Gasteiger partial charge in [0.15, 0.2) is 0 Å². The van der Waals surface area contributed by atoms with Gasteiger partial charge in [-0.2, -0.15) is 0 Å². The fourth-order valence-corrected chi connectivity index (χ4v) is 2.28. The second-order valence-corrected chi connectivity index (χ2v) is 7.06. The SMILES string of the molecule is CCC(C)N(C)C(=O)NC1CCN(C(=O)OC(C)(C)C)CC1. The van der Waals surface area contributed by atoms with Gasteiger partial charge in [-0.05, 0) is 47.0 Å². The standard InChI is InChI=1S/C16H31N3O3/c1-7-12(2)18(6)14(20)17-13-8-10-19(11-9-13)15(21)22-16(3,4)5/h12-13H,7-11H2,1-6H3,(H,17,20). The number of amides is 3. The smallest absolute Gasteiger partial charge is 0.410 e. The molecule has 0 bridgehead atoms. The summed E-state index contributed by atoms with van der Waals surface area (Å²) in [4.78, 5) is 27.6. The Morgan fingerprint density at radius 2 is 1.86 bits per heavy atom. The molecule has 6 nitrogen and oxygen atoms in total. The number of piperidine rings is 1. The average molecular weight is 313 g/mol. The molecule has 0 aliphatic carbocycles. The third-order valence-electron chi connectivity index (χ3n) is 4.05. The van der Waals surface area contributed by atoms with Crippen LogP contribution in [0.3, 0.4) is 0 Å². The summed E-state index contributed by atoms with van der Waals surface area (Å²) in [6, 6.07) is 0.310. The lowest BCUT2D eigenvalue weighted by molar-refractivity contribution is 0.0200. The largest absolute Gasteiger partial charge is 0.444 e. The fourth-order valence-electron chi connectivity index (χ4n) is 2.28. The van der Waals surface area contributed by atoms with Gasteiger partial charge in [0.25, 0.3) is 0 Å². The number of urea groups is 1. The van der Waals surface area contributed by atoms with E-state index in [-0.39, 0.29) is 24.2 Å². The fraction of sp³-hybridized carbons (Fsp3) is 0.875. The van der Waals surface area contributed by atoms with Gasteiger partial charge < -0.3 is 19.9 Å². The van der Waals surface area contributed by atoms with Gasteiger partial charge in [-0.25, -0.2) is 9.59 Å². The Morgan fingerprint density at radius 3 is 2.32 bits per heavy atom. The first kappa shape index (κ1) is 18.6. The van der Waals surface area contributed by atoms with Crippen molar-refractivity contribution in [3.63, 3.8) is 0 Å². The van der Waals surface area contributed by atoms with Crippen LogP contribution in [0.15, 0.2) is 0 Å². The third kappa shape index (κ3) is 5.73. The number of carbonyl (C=O) groups excluding carboxylic acids is 2. The maximum Gasteiger partial charge on any atom is 0.410 e. The number of ether oxygens (including phenoxy) is 1. The molecule has 0 spiro atoms.